The van der Waals surface area contributed by atoms with Crippen LogP contribution in [-0.2, 0) is 5.33 Å². The van der Waals surface area contributed by atoms with Crippen molar-refractivity contribution in [2.24, 2.45) is 0 Å². The van der Waals surface area contributed by atoms with Crippen LogP contribution >= 0.6 is 27.5 Å². The fourth-order valence-electron chi connectivity index (χ4n) is 3.26. The molecule has 0 N–H and O–H groups in total. The lowest BCUT2D eigenvalue weighted by atomic mass is 9.99. The number of rotatable bonds is 2. The molecule has 2 fully saturated rings. The molecule has 2 heterocycles. The molecule has 0 saturated carbocycles. The second-order valence-corrected chi connectivity index (χ2v) is 6.52. The lowest BCUT2D eigenvalue weighted by molar-refractivity contribution is 0.133. The van der Waals surface area contributed by atoms with Gasteiger partial charge in [-0.15, -0.1) is 0 Å². The molecule has 0 radical (unpaired) electrons. The molecular formula is C15H20BrClN2. The third-order valence-corrected chi connectivity index (χ3v) is 5.29. The Morgan fingerprint density at radius 3 is 2.89 bits per heavy atom. The van der Waals surface area contributed by atoms with Gasteiger partial charge in [-0.3, -0.25) is 4.90 Å². The van der Waals surface area contributed by atoms with Crippen molar-refractivity contribution in [1.82, 2.24) is 4.90 Å². The molecule has 1 aromatic carbocycles. The van der Waals surface area contributed by atoms with E-state index in [1.54, 1.807) is 0 Å². The van der Waals surface area contributed by atoms with Gasteiger partial charge in [0.05, 0.1) is 10.7 Å². The normalized spacial score (nSPS) is 24.3. The number of nitrogens with zero attached hydrogens (tertiary/aromatic N) is 2. The van der Waals surface area contributed by atoms with Crippen LogP contribution in [0.25, 0.3) is 0 Å². The van der Waals surface area contributed by atoms with Crippen LogP contribution in [0.1, 0.15) is 24.8 Å². The maximum Gasteiger partial charge on any atom is 0.0642 e. The van der Waals surface area contributed by atoms with Crippen LogP contribution in [0.4, 0.5) is 5.69 Å². The molecule has 0 bridgehead atoms. The zero-order valence-corrected chi connectivity index (χ0v) is 13.5. The van der Waals surface area contributed by atoms with E-state index in [2.05, 4.69) is 43.9 Å². The summed E-state index contributed by atoms with van der Waals surface area (Å²) in [6, 6.07) is 7.16. The molecule has 19 heavy (non-hydrogen) atoms. The molecular weight excluding hydrogens is 324 g/mol. The predicted octanol–water partition coefficient (Wildman–Crippen LogP) is 3.91. The van der Waals surface area contributed by atoms with Crippen LogP contribution in [0.2, 0.25) is 5.02 Å². The molecule has 0 spiro atoms. The van der Waals surface area contributed by atoms with Crippen molar-refractivity contribution in [3.63, 3.8) is 0 Å². The fourth-order valence-corrected chi connectivity index (χ4v) is 3.94. The first-order valence-electron chi connectivity index (χ1n) is 7.11. The molecule has 0 amide bonds. The molecule has 2 saturated heterocycles. The lowest BCUT2D eigenvalue weighted by Crippen LogP contribution is -2.54. The minimum absolute atomic E-state index is 0.731. The first kappa shape index (κ1) is 13.7. The van der Waals surface area contributed by atoms with Crippen LogP contribution in [0.15, 0.2) is 18.2 Å². The third-order valence-electron chi connectivity index (χ3n) is 4.34. The summed E-state index contributed by atoms with van der Waals surface area (Å²) in [6.07, 6.45) is 4.09. The highest BCUT2D eigenvalue weighted by Gasteiger charge is 2.29. The summed E-state index contributed by atoms with van der Waals surface area (Å²) in [4.78, 5) is 5.12. The summed E-state index contributed by atoms with van der Waals surface area (Å²) in [5.74, 6) is 0. The van der Waals surface area contributed by atoms with E-state index >= 15 is 0 Å². The monoisotopic (exact) mass is 342 g/mol. The molecule has 2 aliphatic rings. The van der Waals surface area contributed by atoms with Gasteiger partial charge in [0.2, 0.25) is 0 Å². The first-order chi connectivity index (χ1) is 9.28. The minimum atomic E-state index is 0.731. The summed E-state index contributed by atoms with van der Waals surface area (Å²) >= 11 is 9.92. The molecule has 1 atom stereocenters. The molecule has 1 aromatic rings. The van der Waals surface area contributed by atoms with E-state index in [0.717, 1.165) is 29.5 Å². The highest BCUT2D eigenvalue weighted by molar-refractivity contribution is 9.08. The van der Waals surface area contributed by atoms with Crippen molar-refractivity contribution >= 4 is 33.2 Å². The maximum atomic E-state index is 6.44. The number of halogens is 2. The average Bonchev–Trinajstić information content (AvgIpc) is 2.46. The SMILES string of the molecule is Clc1cc(CBr)ccc1N1CCN2CCCCC2C1. The average molecular weight is 344 g/mol. The molecule has 1 unspecified atom stereocenters. The van der Waals surface area contributed by atoms with Crippen molar-refractivity contribution in [2.45, 2.75) is 30.6 Å². The van der Waals surface area contributed by atoms with Gasteiger partial charge in [-0.1, -0.05) is 40.0 Å². The Morgan fingerprint density at radius 1 is 1.21 bits per heavy atom. The van der Waals surface area contributed by atoms with Gasteiger partial charge in [-0.05, 0) is 37.1 Å². The summed E-state index contributed by atoms with van der Waals surface area (Å²) in [6.45, 7) is 4.70. The van der Waals surface area contributed by atoms with Crippen LogP contribution in [0.3, 0.4) is 0 Å². The summed E-state index contributed by atoms with van der Waals surface area (Å²) in [5, 5.41) is 1.75. The van der Waals surface area contributed by atoms with Crippen LogP contribution < -0.4 is 4.90 Å². The Hall–Kier alpha value is -0.250. The van der Waals surface area contributed by atoms with Gasteiger partial charge in [0.1, 0.15) is 0 Å². The van der Waals surface area contributed by atoms with Crippen LogP contribution in [0.5, 0.6) is 0 Å². The van der Waals surface area contributed by atoms with E-state index < -0.39 is 0 Å². The standard InChI is InChI=1S/C15H20BrClN2/c16-10-12-4-5-15(14(17)9-12)19-8-7-18-6-2-1-3-13(18)11-19/h4-5,9,13H,1-3,6-8,10-11H2. The van der Waals surface area contributed by atoms with Gasteiger partial charge in [0.25, 0.3) is 0 Å². The number of hydrogen-bond donors (Lipinski definition) is 0. The topological polar surface area (TPSA) is 6.48 Å². The highest BCUT2D eigenvalue weighted by Crippen LogP contribution is 2.31. The van der Waals surface area contributed by atoms with Crippen molar-refractivity contribution in [3.8, 4) is 0 Å². The summed E-state index contributed by atoms with van der Waals surface area (Å²) in [5.41, 5.74) is 2.45. The molecule has 2 nitrogen and oxygen atoms in total. The van der Waals surface area contributed by atoms with E-state index in [0.29, 0.717) is 0 Å². The smallest absolute Gasteiger partial charge is 0.0642 e. The van der Waals surface area contributed by atoms with Gasteiger partial charge in [-0.25, -0.2) is 0 Å². The number of benzene rings is 1. The second-order valence-electron chi connectivity index (χ2n) is 5.55. The summed E-state index contributed by atoms with van der Waals surface area (Å²) in [7, 11) is 0. The quantitative estimate of drug-likeness (QED) is 0.751. The van der Waals surface area contributed by atoms with Crippen molar-refractivity contribution in [1.29, 1.82) is 0 Å². The number of hydrogen-bond acceptors (Lipinski definition) is 2. The van der Waals surface area contributed by atoms with Crippen LogP contribution in [-0.4, -0.2) is 37.1 Å². The van der Waals surface area contributed by atoms with Gasteiger partial charge >= 0.3 is 0 Å². The van der Waals surface area contributed by atoms with E-state index in [-0.39, 0.29) is 0 Å². The largest absolute Gasteiger partial charge is 0.367 e. The van der Waals surface area contributed by atoms with Gasteiger partial charge in [0, 0.05) is 31.0 Å². The Kier molecular flexibility index (Phi) is 4.35. The number of anilines is 1. The first-order valence-corrected chi connectivity index (χ1v) is 8.61. The maximum absolute atomic E-state index is 6.44. The van der Waals surface area contributed by atoms with Crippen molar-refractivity contribution in [3.05, 3.63) is 28.8 Å². The van der Waals surface area contributed by atoms with Gasteiger partial charge < -0.3 is 4.90 Å². The Morgan fingerprint density at radius 2 is 2.11 bits per heavy atom. The Balaban J connectivity index is 1.75. The number of alkyl halides is 1. The van der Waals surface area contributed by atoms with E-state index in [9.17, 15) is 0 Å². The molecule has 0 aromatic heterocycles. The number of piperazine rings is 1. The lowest BCUT2D eigenvalue weighted by Gasteiger charge is -2.45. The van der Waals surface area contributed by atoms with E-state index in [1.165, 1.54) is 43.6 Å². The number of fused-ring (bicyclic) bond motifs is 1. The predicted molar refractivity (Wildman–Crippen MR) is 85.5 cm³/mol. The van der Waals surface area contributed by atoms with Gasteiger partial charge in [-0.2, -0.15) is 0 Å². The van der Waals surface area contributed by atoms with E-state index in [4.69, 9.17) is 11.6 Å². The summed E-state index contributed by atoms with van der Waals surface area (Å²) < 4.78 is 0. The zero-order valence-electron chi connectivity index (χ0n) is 11.1. The fraction of sp³-hybridized carbons (Fsp3) is 0.600. The van der Waals surface area contributed by atoms with Crippen molar-refractivity contribution in [2.75, 3.05) is 31.1 Å². The van der Waals surface area contributed by atoms with Crippen LogP contribution in [0, 0.1) is 0 Å². The Bertz CT molecular complexity index is 452. The molecule has 3 rings (SSSR count). The second kappa shape index (κ2) is 6.02. The van der Waals surface area contributed by atoms with Gasteiger partial charge in [0.15, 0.2) is 0 Å². The number of piperidine rings is 1. The molecule has 4 heteroatoms. The van der Waals surface area contributed by atoms with E-state index in [1.807, 2.05) is 0 Å². The van der Waals surface area contributed by atoms with Crippen molar-refractivity contribution < 1.29 is 0 Å². The Labute approximate surface area is 128 Å². The third kappa shape index (κ3) is 2.93. The molecule has 104 valence electrons. The highest BCUT2D eigenvalue weighted by atomic mass is 79.9. The molecule has 0 aliphatic carbocycles. The molecule has 2 aliphatic heterocycles. The zero-order chi connectivity index (χ0) is 13.2. The minimum Gasteiger partial charge on any atom is -0.367 e.